The van der Waals surface area contributed by atoms with Gasteiger partial charge in [-0.25, -0.2) is 4.39 Å². The fourth-order valence-corrected chi connectivity index (χ4v) is 2.32. The lowest BCUT2D eigenvalue weighted by molar-refractivity contribution is 0.151. The molecule has 1 aromatic heterocycles. The van der Waals surface area contributed by atoms with Crippen molar-refractivity contribution in [1.82, 2.24) is 0 Å². The Morgan fingerprint density at radius 1 is 1.15 bits per heavy atom. The molecule has 0 saturated heterocycles. The number of hydrogen-bond donors (Lipinski definition) is 1. The molecule has 0 fully saturated rings. The number of aliphatic hydroxyl groups excluding tert-OH is 1. The lowest BCUT2D eigenvalue weighted by Gasteiger charge is -2.08. The minimum absolute atomic E-state index is 0.142. The highest BCUT2D eigenvalue weighted by Crippen LogP contribution is 2.27. The third kappa shape index (κ3) is 2.55. The predicted octanol–water partition coefficient (Wildman–Crippen LogP) is 4.50. The molecule has 0 radical (unpaired) electrons. The van der Waals surface area contributed by atoms with E-state index in [1.165, 1.54) is 6.07 Å². The lowest BCUT2D eigenvalue weighted by Crippen LogP contribution is -2.02. The average molecular weight is 291 g/mol. The van der Waals surface area contributed by atoms with Crippen LogP contribution < -0.4 is 0 Å². The van der Waals surface area contributed by atoms with Crippen molar-refractivity contribution >= 4 is 22.6 Å². The lowest BCUT2D eigenvalue weighted by atomic mass is 10.1. The second-order valence-electron chi connectivity index (χ2n) is 4.64. The van der Waals surface area contributed by atoms with Crippen molar-refractivity contribution in [3.8, 4) is 0 Å². The third-order valence-electron chi connectivity index (χ3n) is 3.20. The number of fused-ring (bicyclic) bond motifs is 1. The quantitative estimate of drug-likeness (QED) is 0.770. The number of aliphatic hydroxyl groups is 1. The molecule has 4 heteroatoms. The van der Waals surface area contributed by atoms with Gasteiger partial charge in [-0.3, -0.25) is 0 Å². The van der Waals surface area contributed by atoms with Crippen LogP contribution in [0.15, 0.2) is 52.9 Å². The third-order valence-corrected chi connectivity index (χ3v) is 3.44. The summed E-state index contributed by atoms with van der Waals surface area (Å²) in [4.78, 5) is 0. The van der Waals surface area contributed by atoms with Crippen LogP contribution in [0.25, 0.3) is 11.0 Å². The van der Waals surface area contributed by atoms with Crippen LogP contribution in [0.5, 0.6) is 0 Å². The van der Waals surface area contributed by atoms with Gasteiger partial charge in [-0.2, -0.15) is 0 Å². The van der Waals surface area contributed by atoms with E-state index < -0.39 is 11.9 Å². The van der Waals surface area contributed by atoms with E-state index in [0.29, 0.717) is 21.9 Å². The molecule has 1 unspecified atom stereocenters. The molecule has 1 N–H and O–H groups in total. The Morgan fingerprint density at radius 3 is 2.70 bits per heavy atom. The number of benzene rings is 2. The summed E-state index contributed by atoms with van der Waals surface area (Å²) in [5.74, 6) is 0.00760. The van der Waals surface area contributed by atoms with Gasteiger partial charge in [0.05, 0.1) is 0 Å². The van der Waals surface area contributed by atoms with Gasteiger partial charge in [0.15, 0.2) is 0 Å². The summed E-state index contributed by atoms with van der Waals surface area (Å²) in [6, 6.07) is 13.7. The topological polar surface area (TPSA) is 33.4 Å². The smallest absolute Gasteiger partial charge is 0.134 e. The Hall–Kier alpha value is -1.84. The minimum Gasteiger partial charge on any atom is -0.458 e. The van der Waals surface area contributed by atoms with E-state index in [2.05, 4.69) is 0 Å². The van der Waals surface area contributed by atoms with Crippen molar-refractivity contribution in [2.45, 2.75) is 12.5 Å². The van der Waals surface area contributed by atoms with Gasteiger partial charge in [0.1, 0.15) is 23.3 Å². The Balaban J connectivity index is 1.86. The zero-order valence-electron chi connectivity index (χ0n) is 10.5. The SMILES string of the molecule is OC(Cc1ccc(Cl)cc1F)c1cc2ccccc2o1. The number of para-hydroxylation sites is 1. The minimum atomic E-state index is -0.891. The fraction of sp³-hybridized carbons (Fsp3) is 0.125. The van der Waals surface area contributed by atoms with Crippen molar-refractivity contribution in [1.29, 1.82) is 0 Å². The molecule has 102 valence electrons. The van der Waals surface area contributed by atoms with Crippen LogP contribution in [0.2, 0.25) is 5.02 Å². The van der Waals surface area contributed by atoms with Crippen LogP contribution in [0, 0.1) is 5.82 Å². The highest BCUT2D eigenvalue weighted by atomic mass is 35.5. The fourth-order valence-electron chi connectivity index (χ4n) is 2.16. The zero-order valence-corrected chi connectivity index (χ0v) is 11.3. The Morgan fingerprint density at radius 2 is 1.95 bits per heavy atom. The molecule has 3 rings (SSSR count). The molecule has 3 aromatic rings. The van der Waals surface area contributed by atoms with E-state index >= 15 is 0 Å². The van der Waals surface area contributed by atoms with Crippen LogP contribution in [0.1, 0.15) is 17.4 Å². The second-order valence-corrected chi connectivity index (χ2v) is 5.08. The molecule has 0 saturated carbocycles. The summed E-state index contributed by atoms with van der Waals surface area (Å²) in [5, 5.41) is 11.4. The molecule has 0 spiro atoms. The van der Waals surface area contributed by atoms with Crippen molar-refractivity contribution in [3.63, 3.8) is 0 Å². The van der Waals surface area contributed by atoms with Gasteiger partial charge in [0, 0.05) is 16.8 Å². The maximum atomic E-state index is 13.7. The van der Waals surface area contributed by atoms with E-state index in [1.807, 2.05) is 24.3 Å². The first kappa shape index (κ1) is 13.2. The summed E-state index contributed by atoms with van der Waals surface area (Å²) in [6.07, 6.45) is -0.749. The van der Waals surface area contributed by atoms with Crippen LogP contribution in [0.3, 0.4) is 0 Å². The summed E-state index contributed by atoms with van der Waals surface area (Å²) < 4.78 is 19.3. The summed E-state index contributed by atoms with van der Waals surface area (Å²) in [5.41, 5.74) is 1.11. The number of rotatable bonds is 3. The molecule has 0 amide bonds. The van der Waals surface area contributed by atoms with Crippen LogP contribution in [0.4, 0.5) is 4.39 Å². The molecule has 20 heavy (non-hydrogen) atoms. The molecular formula is C16H12ClFO2. The number of hydrogen-bond acceptors (Lipinski definition) is 2. The largest absolute Gasteiger partial charge is 0.458 e. The maximum absolute atomic E-state index is 13.7. The van der Waals surface area contributed by atoms with Crippen molar-refractivity contribution in [2.24, 2.45) is 0 Å². The highest BCUT2D eigenvalue weighted by Gasteiger charge is 2.16. The normalized spacial score (nSPS) is 12.8. The Bertz CT molecular complexity index is 718. The van der Waals surface area contributed by atoms with E-state index in [-0.39, 0.29) is 6.42 Å². The molecule has 0 aliphatic carbocycles. The summed E-state index contributed by atoms with van der Waals surface area (Å²) >= 11 is 5.70. The summed E-state index contributed by atoms with van der Waals surface area (Å²) in [6.45, 7) is 0. The first-order valence-corrected chi connectivity index (χ1v) is 6.62. The second kappa shape index (κ2) is 5.27. The molecule has 0 aliphatic rings. The van der Waals surface area contributed by atoms with Gasteiger partial charge in [-0.1, -0.05) is 35.9 Å². The van der Waals surface area contributed by atoms with Crippen molar-refractivity contribution < 1.29 is 13.9 Å². The molecule has 2 nitrogen and oxygen atoms in total. The average Bonchev–Trinajstić information content (AvgIpc) is 2.86. The number of halogens is 2. The monoisotopic (exact) mass is 290 g/mol. The van der Waals surface area contributed by atoms with Gasteiger partial charge >= 0.3 is 0 Å². The number of furan rings is 1. The van der Waals surface area contributed by atoms with E-state index in [9.17, 15) is 9.50 Å². The predicted molar refractivity (Wildman–Crippen MR) is 76.3 cm³/mol. The molecule has 1 heterocycles. The van der Waals surface area contributed by atoms with E-state index in [1.54, 1.807) is 18.2 Å². The first-order chi connectivity index (χ1) is 9.63. The van der Waals surface area contributed by atoms with Crippen molar-refractivity contribution in [3.05, 3.63) is 70.7 Å². The van der Waals surface area contributed by atoms with E-state index in [4.69, 9.17) is 16.0 Å². The first-order valence-electron chi connectivity index (χ1n) is 6.24. The molecular weight excluding hydrogens is 279 g/mol. The maximum Gasteiger partial charge on any atom is 0.134 e. The molecule has 0 aliphatic heterocycles. The molecule has 1 atom stereocenters. The Kier molecular flexibility index (Phi) is 3.47. The zero-order chi connectivity index (χ0) is 14.1. The Labute approximate surface area is 120 Å². The van der Waals surface area contributed by atoms with Crippen LogP contribution in [-0.4, -0.2) is 5.11 Å². The standard InChI is InChI=1S/C16H12ClFO2/c17-12-6-5-10(13(18)9-12)7-14(19)16-8-11-3-1-2-4-15(11)20-16/h1-6,8-9,14,19H,7H2. The van der Waals surface area contributed by atoms with Gasteiger partial charge in [0.2, 0.25) is 0 Å². The highest BCUT2D eigenvalue weighted by molar-refractivity contribution is 6.30. The van der Waals surface area contributed by atoms with E-state index in [0.717, 1.165) is 5.39 Å². The van der Waals surface area contributed by atoms with Crippen molar-refractivity contribution in [2.75, 3.05) is 0 Å². The van der Waals surface area contributed by atoms with Crippen LogP contribution >= 0.6 is 11.6 Å². The van der Waals surface area contributed by atoms with Gasteiger partial charge < -0.3 is 9.52 Å². The van der Waals surface area contributed by atoms with Gasteiger partial charge in [-0.05, 0) is 29.8 Å². The molecule has 0 bridgehead atoms. The molecule has 2 aromatic carbocycles. The van der Waals surface area contributed by atoms with Gasteiger partial charge in [-0.15, -0.1) is 0 Å². The van der Waals surface area contributed by atoms with Gasteiger partial charge in [0.25, 0.3) is 0 Å². The van der Waals surface area contributed by atoms with Crippen LogP contribution in [-0.2, 0) is 6.42 Å². The summed E-state index contributed by atoms with van der Waals surface area (Å²) in [7, 11) is 0.